The Bertz CT molecular complexity index is 1560. The number of aromatic nitrogens is 3. The molecule has 4 atom stereocenters. The van der Waals surface area contributed by atoms with Gasteiger partial charge in [0, 0.05) is 61.6 Å². The zero-order chi connectivity index (χ0) is 32.3. The smallest absolute Gasteiger partial charge is 0.305 e. The Morgan fingerprint density at radius 2 is 1.27 bits per heavy atom. The molecule has 2 aliphatic rings. The number of carbonyl (C=O) groups is 2. The van der Waals surface area contributed by atoms with Crippen molar-refractivity contribution < 1.29 is 18.0 Å². The highest BCUT2D eigenvalue weighted by Gasteiger charge is 2.30. The minimum atomic E-state index is -4.45. The van der Waals surface area contributed by atoms with Crippen LogP contribution in [0.3, 0.4) is 0 Å². The van der Waals surface area contributed by atoms with Crippen LogP contribution in [0.5, 0.6) is 0 Å². The molecule has 17 heteroatoms. The maximum Gasteiger partial charge on any atom is 0.305 e. The molecule has 3 aromatic rings. The summed E-state index contributed by atoms with van der Waals surface area (Å²) >= 11 is 0. The fraction of sp³-hybridized carbons (Fsp3) is 0.393. The lowest BCUT2D eigenvalue weighted by molar-refractivity contribution is -0.116. The van der Waals surface area contributed by atoms with Gasteiger partial charge in [-0.3, -0.25) is 9.59 Å². The fourth-order valence-electron chi connectivity index (χ4n) is 5.55. The van der Waals surface area contributed by atoms with Crippen LogP contribution in [-0.2, 0) is 15.0 Å². The number of carbonyl (C=O) groups excluding carboxylic acids is 2. The minimum Gasteiger partial charge on any atom is -0.338 e. The Balaban J connectivity index is 1.34. The number of Topliss-reactive ketones (excluding diaryl/α,β-unsaturated/α-hetero) is 1. The van der Waals surface area contributed by atoms with E-state index < -0.39 is 28.3 Å². The molecule has 45 heavy (non-hydrogen) atoms. The summed E-state index contributed by atoms with van der Waals surface area (Å²) in [5.74, 6) is -0.504. The minimum absolute atomic E-state index is 0.0375. The average molecular weight is 639 g/mol. The first-order valence-electron chi connectivity index (χ1n) is 14.4. The Labute approximate surface area is 261 Å². The molecule has 1 aromatic heterocycles. The topological polar surface area (TPSA) is 259 Å². The molecule has 0 saturated carbocycles. The summed E-state index contributed by atoms with van der Waals surface area (Å²) in [6.07, 6.45) is 0.676. The molecule has 2 fully saturated rings. The van der Waals surface area contributed by atoms with E-state index in [1.165, 1.54) is 24.3 Å². The van der Waals surface area contributed by atoms with E-state index in [1.54, 1.807) is 30.3 Å². The maximum absolute atomic E-state index is 12.9. The summed E-state index contributed by atoms with van der Waals surface area (Å²) in [5.41, 5.74) is 25.7. The number of ketones is 1. The van der Waals surface area contributed by atoms with E-state index in [9.17, 15) is 18.0 Å². The van der Waals surface area contributed by atoms with Crippen LogP contribution in [0, 0.1) is 0 Å². The third-order valence-electron chi connectivity index (χ3n) is 7.45. The molecule has 4 unspecified atom stereocenters. The third-order valence-corrected chi connectivity index (χ3v) is 8.38. The summed E-state index contributed by atoms with van der Waals surface area (Å²) in [7, 11) is -4.45. The lowest BCUT2D eigenvalue weighted by Gasteiger charge is -2.37. The van der Waals surface area contributed by atoms with Crippen LogP contribution in [0.15, 0.2) is 54.6 Å². The fourth-order valence-corrected chi connectivity index (χ4v) is 6.32. The molecular weight excluding hydrogens is 600 g/mol. The number of nitrogens with zero attached hydrogens (tertiary/aromatic N) is 6. The van der Waals surface area contributed by atoms with Gasteiger partial charge < -0.3 is 38.1 Å². The molecule has 240 valence electrons. The van der Waals surface area contributed by atoms with Crippen LogP contribution in [0.25, 0.3) is 0 Å². The number of amides is 1. The van der Waals surface area contributed by atoms with E-state index in [0.717, 1.165) is 0 Å². The van der Waals surface area contributed by atoms with Gasteiger partial charge in [0.25, 0.3) is 0 Å². The van der Waals surface area contributed by atoms with Crippen molar-refractivity contribution in [2.24, 2.45) is 28.1 Å². The second-order valence-electron chi connectivity index (χ2n) is 11.4. The van der Waals surface area contributed by atoms with Crippen LogP contribution in [-0.4, -0.2) is 85.4 Å². The van der Waals surface area contributed by atoms with Crippen LogP contribution >= 0.6 is 0 Å². The van der Waals surface area contributed by atoms with Gasteiger partial charge in [0.15, 0.2) is 5.78 Å². The van der Waals surface area contributed by atoms with Gasteiger partial charge in [-0.15, -0.1) is 0 Å². The Hall–Kier alpha value is -4.26. The predicted octanol–water partition coefficient (Wildman–Crippen LogP) is -0.846. The number of rotatable bonds is 9. The van der Waals surface area contributed by atoms with E-state index in [0.29, 0.717) is 60.9 Å². The summed E-state index contributed by atoms with van der Waals surface area (Å²) in [5, 5.41) is 8.43. The molecule has 0 radical (unpaired) electrons. The number of anilines is 5. The molecule has 1 amide bonds. The van der Waals surface area contributed by atoms with E-state index in [4.69, 9.17) is 33.1 Å². The normalized spacial score (nSPS) is 22.2. The van der Waals surface area contributed by atoms with Gasteiger partial charge in [-0.25, -0.2) is 5.14 Å². The molecule has 3 heterocycles. The second-order valence-corrected chi connectivity index (χ2v) is 12.8. The van der Waals surface area contributed by atoms with E-state index in [1.807, 2.05) is 9.80 Å². The van der Waals surface area contributed by atoms with Gasteiger partial charge in [-0.1, -0.05) is 18.2 Å². The van der Waals surface area contributed by atoms with Crippen molar-refractivity contribution in [1.82, 2.24) is 15.0 Å². The highest BCUT2D eigenvalue weighted by molar-refractivity contribution is 7.91. The Kier molecular flexibility index (Phi) is 9.56. The third kappa shape index (κ3) is 8.07. The highest BCUT2D eigenvalue weighted by atomic mass is 32.2. The van der Waals surface area contributed by atoms with Crippen molar-refractivity contribution in [3.63, 3.8) is 0 Å². The first-order valence-corrected chi connectivity index (χ1v) is 16.0. The molecule has 0 aliphatic carbocycles. The first kappa shape index (κ1) is 32.1. The Morgan fingerprint density at radius 1 is 0.778 bits per heavy atom. The van der Waals surface area contributed by atoms with Gasteiger partial charge in [-0.2, -0.15) is 27.7 Å². The van der Waals surface area contributed by atoms with Crippen molar-refractivity contribution in [1.29, 1.82) is 0 Å². The molecule has 16 nitrogen and oxygen atoms in total. The van der Waals surface area contributed by atoms with E-state index in [2.05, 4.69) is 15.3 Å². The predicted molar refractivity (Wildman–Crippen MR) is 171 cm³/mol. The summed E-state index contributed by atoms with van der Waals surface area (Å²) in [6.45, 7) is 2.10. The zero-order valence-electron chi connectivity index (χ0n) is 24.6. The number of nitrogens with one attached hydrogen (secondary N) is 1. The van der Waals surface area contributed by atoms with E-state index >= 15 is 0 Å². The monoisotopic (exact) mass is 638 g/mol. The van der Waals surface area contributed by atoms with Gasteiger partial charge in [-0.05, 0) is 49.2 Å². The molecule has 2 saturated heterocycles. The Morgan fingerprint density at radius 3 is 1.73 bits per heavy atom. The van der Waals surface area contributed by atoms with Gasteiger partial charge in [0.1, 0.15) is 0 Å². The average Bonchev–Trinajstić information content (AvgIpc) is 2.96. The standard InChI is InChI=1S/C28H38N12O4S/c29-18-10-19(30)14-38(13-18)27-35-26(36-28(37-27)39-15-20(31)11-21(32)16-39)34-22-8-6-17(7-9-22)24(41)12-25(42)40(45(33,43)44)23-4-2-1-3-5-23/h1-9,18-21H,10-16,29-32H2,(H2,33,43,44)(H,34,35,36,37). The quantitative estimate of drug-likeness (QED) is 0.123. The van der Waals surface area contributed by atoms with Crippen molar-refractivity contribution in [2.45, 2.75) is 43.4 Å². The molecule has 2 aliphatic heterocycles. The molecule has 2 aromatic carbocycles. The van der Waals surface area contributed by atoms with E-state index in [-0.39, 0.29) is 41.4 Å². The highest BCUT2D eigenvalue weighted by Crippen LogP contribution is 2.24. The second kappa shape index (κ2) is 13.4. The van der Waals surface area contributed by atoms with Gasteiger partial charge >= 0.3 is 10.2 Å². The van der Waals surface area contributed by atoms with Crippen LogP contribution in [0.2, 0.25) is 0 Å². The summed E-state index contributed by atoms with van der Waals surface area (Å²) in [4.78, 5) is 43.6. The van der Waals surface area contributed by atoms with Crippen molar-refractivity contribution in [2.75, 3.05) is 45.6 Å². The maximum atomic E-state index is 12.9. The van der Waals surface area contributed by atoms with Crippen LogP contribution in [0.1, 0.15) is 29.6 Å². The van der Waals surface area contributed by atoms with Gasteiger partial charge in [0.2, 0.25) is 23.8 Å². The number of benzene rings is 2. The number of para-hydroxylation sites is 1. The van der Waals surface area contributed by atoms with Crippen LogP contribution < -0.4 is 47.5 Å². The SMILES string of the molecule is NC1CC(N)CN(c2nc(Nc3ccc(C(=O)CC(=O)N(c4ccccc4)S(N)(=O)=O)cc3)nc(N3CC(N)CC(N)C3)n2)C1. The van der Waals surface area contributed by atoms with Crippen molar-refractivity contribution in [3.05, 3.63) is 60.2 Å². The molecule has 5 rings (SSSR count). The summed E-state index contributed by atoms with van der Waals surface area (Å²) < 4.78 is 24.7. The molecular formula is C28H38N12O4S. The number of hydrogen-bond acceptors (Lipinski definition) is 14. The van der Waals surface area contributed by atoms with Crippen LogP contribution in [0.4, 0.5) is 29.2 Å². The first-order chi connectivity index (χ1) is 21.4. The molecule has 0 spiro atoms. The van der Waals surface area contributed by atoms with Crippen molar-refractivity contribution in [3.8, 4) is 0 Å². The number of nitrogens with two attached hydrogens (primary N) is 5. The summed E-state index contributed by atoms with van der Waals surface area (Å²) in [6, 6.07) is 13.3. The molecule has 0 bridgehead atoms. The lowest BCUT2D eigenvalue weighted by Crippen LogP contribution is -2.54. The lowest BCUT2D eigenvalue weighted by atomic mass is 10.0. The van der Waals surface area contributed by atoms with Gasteiger partial charge in [0.05, 0.1) is 12.1 Å². The zero-order valence-corrected chi connectivity index (χ0v) is 25.4. The molecule has 11 N–H and O–H groups in total. The van der Waals surface area contributed by atoms with Crippen molar-refractivity contribution >= 4 is 51.1 Å². The number of hydrogen-bond donors (Lipinski definition) is 6. The number of piperidine rings is 2. The largest absolute Gasteiger partial charge is 0.338 e.